The molecule has 1 aromatic carbocycles. The number of nitrogens with two attached hydrogens (primary N) is 1. The molecule has 0 spiro atoms. The summed E-state index contributed by atoms with van der Waals surface area (Å²) in [5.74, 6) is 0.583. The highest BCUT2D eigenvalue weighted by molar-refractivity contribution is 5.39. The normalized spacial score (nSPS) is 19.3. The molecule has 0 bridgehead atoms. The maximum absolute atomic E-state index is 12.7. The molecule has 1 aliphatic carbocycles. The lowest BCUT2D eigenvalue weighted by molar-refractivity contribution is -0.137. The van der Waals surface area contributed by atoms with Crippen LogP contribution in [0.2, 0.25) is 0 Å². The van der Waals surface area contributed by atoms with Gasteiger partial charge in [0.1, 0.15) is 0 Å². The largest absolute Gasteiger partial charge is 0.416 e. The Labute approximate surface area is 112 Å². The maximum atomic E-state index is 12.7. The van der Waals surface area contributed by atoms with Crippen LogP contribution in [0.25, 0.3) is 0 Å². The number of hydrogen-bond donors (Lipinski definition) is 1. The van der Waals surface area contributed by atoms with Gasteiger partial charge in [0, 0.05) is 6.54 Å². The van der Waals surface area contributed by atoms with Crippen LogP contribution in [0, 0.1) is 5.92 Å². The molecule has 0 heterocycles. The van der Waals surface area contributed by atoms with Gasteiger partial charge in [-0.2, -0.15) is 13.2 Å². The molecule has 0 saturated heterocycles. The Hall–Kier alpha value is -1.03. The monoisotopic (exact) mass is 271 g/mol. The van der Waals surface area contributed by atoms with E-state index in [1.807, 2.05) is 0 Å². The lowest BCUT2D eigenvalue weighted by Crippen LogP contribution is -2.26. The van der Waals surface area contributed by atoms with Gasteiger partial charge in [-0.05, 0) is 53.9 Å². The molecule has 1 aliphatic rings. The van der Waals surface area contributed by atoms with E-state index in [9.17, 15) is 13.2 Å². The van der Waals surface area contributed by atoms with Crippen LogP contribution in [0.1, 0.15) is 49.8 Å². The third-order valence-corrected chi connectivity index (χ3v) is 4.48. The third kappa shape index (κ3) is 2.64. The molecule has 1 nitrogen and oxygen atoms in total. The van der Waals surface area contributed by atoms with E-state index in [0.717, 1.165) is 24.8 Å². The number of halogens is 3. The summed E-state index contributed by atoms with van der Waals surface area (Å²) in [5.41, 5.74) is 6.64. The topological polar surface area (TPSA) is 26.0 Å². The zero-order valence-corrected chi connectivity index (χ0v) is 11.3. The van der Waals surface area contributed by atoms with Crippen molar-refractivity contribution in [2.45, 2.75) is 51.2 Å². The second-order valence-corrected chi connectivity index (χ2v) is 5.62. The first-order valence-corrected chi connectivity index (χ1v) is 6.73. The van der Waals surface area contributed by atoms with Gasteiger partial charge in [0.25, 0.3) is 0 Å². The van der Waals surface area contributed by atoms with Crippen LogP contribution < -0.4 is 5.73 Å². The van der Waals surface area contributed by atoms with Crippen LogP contribution in [-0.4, -0.2) is 0 Å². The van der Waals surface area contributed by atoms with Gasteiger partial charge in [-0.3, -0.25) is 0 Å². The summed E-state index contributed by atoms with van der Waals surface area (Å²) in [6, 6.07) is 4.03. The first-order valence-electron chi connectivity index (χ1n) is 6.73. The van der Waals surface area contributed by atoms with Crippen molar-refractivity contribution in [1.29, 1.82) is 0 Å². The van der Waals surface area contributed by atoms with E-state index in [-0.39, 0.29) is 12.0 Å². The number of rotatable bonds is 4. The second kappa shape index (κ2) is 4.82. The second-order valence-electron chi connectivity index (χ2n) is 5.62. The summed E-state index contributed by atoms with van der Waals surface area (Å²) in [5, 5.41) is 0. The van der Waals surface area contributed by atoms with E-state index >= 15 is 0 Å². The van der Waals surface area contributed by atoms with E-state index in [2.05, 4.69) is 13.8 Å². The van der Waals surface area contributed by atoms with Gasteiger partial charge in [0.15, 0.2) is 0 Å². The first kappa shape index (κ1) is 14.4. The van der Waals surface area contributed by atoms with E-state index in [1.54, 1.807) is 6.07 Å². The van der Waals surface area contributed by atoms with Gasteiger partial charge in [0.2, 0.25) is 0 Å². The summed E-state index contributed by atoms with van der Waals surface area (Å²) in [6.45, 7) is 4.39. The molecule has 19 heavy (non-hydrogen) atoms. The van der Waals surface area contributed by atoms with Crippen molar-refractivity contribution in [2.24, 2.45) is 11.7 Å². The Morgan fingerprint density at radius 2 is 1.89 bits per heavy atom. The Morgan fingerprint density at radius 1 is 1.26 bits per heavy atom. The van der Waals surface area contributed by atoms with Crippen LogP contribution in [0.3, 0.4) is 0 Å². The Kier molecular flexibility index (Phi) is 3.65. The molecule has 0 radical (unpaired) electrons. The van der Waals surface area contributed by atoms with Crippen LogP contribution >= 0.6 is 0 Å². The molecule has 1 atom stereocenters. The molecular weight excluding hydrogens is 251 g/mol. The Balaban J connectivity index is 2.46. The molecule has 106 valence electrons. The van der Waals surface area contributed by atoms with Crippen LogP contribution in [0.5, 0.6) is 0 Å². The van der Waals surface area contributed by atoms with Crippen molar-refractivity contribution in [1.82, 2.24) is 0 Å². The van der Waals surface area contributed by atoms with Crippen molar-refractivity contribution >= 4 is 0 Å². The highest BCUT2D eigenvalue weighted by Gasteiger charge is 2.42. The number of hydrogen-bond acceptors (Lipinski definition) is 1. The van der Waals surface area contributed by atoms with Gasteiger partial charge in [-0.1, -0.05) is 19.9 Å². The summed E-state index contributed by atoms with van der Waals surface area (Å²) in [4.78, 5) is 0. The highest BCUT2D eigenvalue weighted by atomic mass is 19.4. The summed E-state index contributed by atoms with van der Waals surface area (Å²) in [6.07, 6.45) is -1.05. The Bertz CT molecular complexity index is 463. The van der Waals surface area contributed by atoms with E-state index in [0.29, 0.717) is 11.5 Å². The predicted octanol–water partition coefficient (Wildman–Crippen LogP) is 4.24. The fourth-order valence-electron chi connectivity index (χ4n) is 2.92. The maximum Gasteiger partial charge on any atom is 0.416 e. The summed E-state index contributed by atoms with van der Waals surface area (Å²) >= 11 is 0. The molecule has 0 aromatic heterocycles. The SMILES string of the molecule is CCC(C)(c1ccc(C(F)(F)F)cc1CN)C1CC1. The molecule has 2 rings (SSSR count). The lowest BCUT2D eigenvalue weighted by atomic mass is 9.73. The van der Waals surface area contributed by atoms with Gasteiger partial charge < -0.3 is 5.73 Å². The standard InChI is InChI=1S/C15H20F3N/c1-3-14(2,11-4-5-11)13-7-6-12(15(16,17)18)8-10(13)9-19/h6-8,11H,3-5,9,19H2,1-2H3. The average Bonchev–Trinajstić information content (AvgIpc) is 3.20. The van der Waals surface area contributed by atoms with Crippen molar-refractivity contribution in [2.75, 3.05) is 0 Å². The fraction of sp³-hybridized carbons (Fsp3) is 0.600. The lowest BCUT2D eigenvalue weighted by Gasteiger charge is -2.31. The van der Waals surface area contributed by atoms with Gasteiger partial charge in [-0.15, -0.1) is 0 Å². The highest BCUT2D eigenvalue weighted by Crippen LogP contribution is 2.50. The molecule has 1 saturated carbocycles. The van der Waals surface area contributed by atoms with Crippen molar-refractivity contribution in [3.63, 3.8) is 0 Å². The van der Waals surface area contributed by atoms with E-state index < -0.39 is 11.7 Å². The van der Waals surface area contributed by atoms with E-state index in [4.69, 9.17) is 5.73 Å². The number of alkyl halides is 3. The smallest absolute Gasteiger partial charge is 0.326 e. The minimum absolute atomic E-state index is 0.0428. The number of benzene rings is 1. The molecular formula is C15H20F3N. The molecule has 0 aliphatic heterocycles. The summed E-state index contributed by atoms with van der Waals surface area (Å²) < 4.78 is 38.2. The van der Waals surface area contributed by atoms with Crippen molar-refractivity contribution in [3.8, 4) is 0 Å². The fourth-order valence-corrected chi connectivity index (χ4v) is 2.92. The van der Waals surface area contributed by atoms with Crippen LogP contribution in [-0.2, 0) is 18.1 Å². The van der Waals surface area contributed by atoms with Crippen LogP contribution in [0.15, 0.2) is 18.2 Å². The molecule has 2 N–H and O–H groups in total. The van der Waals surface area contributed by atoms with Crippen molar-refractivity contribution in [3.05, 3.63) is 34.9 Å². The molecule has 1 fully saturated rings. The summed E-state index contributed by atoms with van der Waals surface area (Å²) in [7, 11) is 0. The average molecular weight is 271 g/mol. The van der Waals surface area contributed by atoms with Gasteiger partial charge in [-0.25, -0.2) is 0 Å². The predicted molar refractivity (Wildman–Crippen MR) is 69.7 cm³/mol. The zero-order valence-electron chi connectivity index (χ0n) is 11.3. The third-order valence-electron chi connectivity index (χ3n) is 4.48. The van der Waals surface area contributed by atoms with E-state index in [1.165, 1.54) is 12.1 Å². The minimum atomic E-state index is -4.30. The van der Waals surface area contributed by atoms with Crippen molar-refractivity contribution < 1.29 is 13.2 Å². The zero-order chi connectivity index (χ0) is 14.3. The quantitative estimate of drug-likeness (QED) is 0.870. The minimum Gasteiger partial charge on any atom is -0.326 e. The first-order chi connectivity index (χ1) is 8.82. The van der Waals surface area contributed by atoms with Gasteiger partial charge in [0.05, 0.1) is 5.56 Å². The Morgan fingerprint density at radius 3 is 2.32 bits per heavy atom. The van der Waals surface area contributed by atoms with Gasteiger partial charge >= 0.3 is 6.18 Å². The molecule has 1 aromatic rings. The molecule has 0 amide bonds. The molecule has 1 unspecified atom stereocenters. The van der Waals surface area contributed by atoms with Crippen LogP contribution in [0.4, 0.5) is 13.2 Å². The molecule has 4 heteroatoms.